The molecule has 0 spiro atoms. The zero-order valence-electron chi connectivity index (χ0n) is 48.0. The van der Waals surface area contributed by atoms with Crippen LogP contribution in [0.4, 0.5) is 0 Å². The smallest absolute Gasteiger partial charge is 0.306 e. The minimum absolute atomic E-state index is 0.0685. The number of rotatable bonds is 59. The Bertz CT molecular complexity index is 1150. The molecular formula is C65H122O6. The van der Waals surface area contributed by atoms with Crippen LogP contribution in [0.5, 0.6) is 0 Å². The van der Waals surface area contributed by atoms with E-state index in [1.54, 1.807) is 0 Å². The van der Waals surface area contributed by atoms with Crippen molar-refractivity contribution in [3.63, 3.8) is 0 Å². The molecule has 0 aliphatic carbocycles. The molecule has 6 nitrogen and oxygen atoms in total. The van der Waals surface area contributed by atoms with Crippen molar-refractivity contribution in [2.24, 2.45) is 0 Å². The summed E-state index contributed by atoms with van der Waals surface area (Å²) in [6.07, 6.45) is 72.3. The lowest BCUT2D eigenvalue weighted by Crippen LogP contribution is -2.30. The maximum absolute atomic E-state index is 12.8. The quantitative estimate of drug-likeness (QED) is 0.0261. The summed E-state index contributed by atoms with van der Waals surface area (Å²) in [5, 5.41) is 0. The van der Waals surface area contributed by atoms with Gasteiger partial charge in [0.05, 0.1) is 0 Å². The Morgan fingerprint density at radius 1 is 0.268 bits per heavy atom. The van der Waals surface area contributed by atoms with E-state index in [1.807, 2.05) is 0 Å². The van der Waals surface area contributed by atoms with Gasteiger partial charge in [0, 0.05) is 19.3 Å². The van der Waals surface area contributed by atoms with E-state index in [2.05, 4.69) is 45.1 Å². The number of carbonyl (C=O) groups is 3. The molecule has 6 heteroatoms. The van der Waals surface area contributed by atoms with Gasteiger partial charge in [-0.2, -0.15) is 0 Å². The van der Waals surface area contributed by atoms with Crippen LogP contribution in [0.15, 0.2) is 24.3 Å². The maximum atomic E-state index is 12.8. The Labute approximate surface area is 443 Å². The third kappa shape index (κ3) is 58.7. The lowest BCUT2D eigenvalue weighted by atomic mass is 10.0. The number of allylic oxidation sites excluding steroid dienone is 4. The normalized spacial score (nSPS) is 12.1. The highest BCUT2D eigenvalue weighted by Crippen LogP contribution is 2.17. The van der Waals surface area contributed by atoms with Gasteiger partial charge in [0.15, 0.2) is 6.10 Å². The van der Waals surface area contributed by atoms with E-state index in [0.717, 1.165) is 57.8 Å². The van der Waals surface area contributed by atoms with E-state index in [0.29, 0.717) is 19.3 Å². The van der Waals surface area contributed by atoms with Gasteiger partial charge >= 0.3 is 17.9 Å². The molecule has 0 N–H and O–H groups in total. The third-order valence-electron chi connectivity index (χ3n) is 14.4. The van der Waals surface area contributed by atoms with Gasteiger partial charge in [0.25, 0.3) is 0 Å². The van der Waals surface area contributed by atoms with Crippen LogP contribution in [-0.4, -0.2) is 37.2 Å². The molecule has 1 atom stereocenters. The molecule has 0 bridgehead atoms. The van der Waals surface area contributed by atoms with Gasteiger partial charge in [-0.15, -0.1) is 0 Å². The van der Waals surface area contributed by atoms with Crippen LogP contribution in [0.3, 0.4) is 0 Å². The van der Waals surface area contributed by atoms with Gasteiger partial charge < -0.3 is 14.2 Å². The number of ether oxygens (including phenoxy) is 3. The van der Waals surface area contributed by atoms with Gasteiger partial charge in [-0.05, 0) is 70.6 Å². The maximum Gasteiger partial charge on any atom is 0.306 e. The van der Waals surface area contributed by atoms with Crippen LogP contribution in [0.25, 0.3) is 0 Å². The molecule has 0 aromatic heterocycles. The molecule has 0 aliphatic heterocycles. The lowest BCUT2D eigenvalue weighted by molar-refractivity contribution is -0.167. The zero-order chi connectivity index (χ0) is 51.4. The first-order chi connectivity index (χ1) is 35.0. The summed E-state index contributed by atoms with van der Waals surface area (Å²) in [6.45, 7) is 6.63. The van der Waals surface area contributed by atoms with Crippen molar-refractivity contribution >= 4 is 17.9 Å². The fourth-order valence-electron chi connectivity index (χ4n) is 9.61. The summed E-state index contributed by atoms with van der Waals surface area (Å²) in [7, 11) is 0. The van der Waals surface area contributed by atoms with E-state index in [-0.39, 0.29) is 31.1 Å². The second-order valence-electron chi connectivity index (χ2n) is 21.7. The second-order valence-corrected chi connectivity index (χ2v) is 21.7. The van der Waals surface area contributed by atoms with Crippen molar-refractivity contribution in [2.45, 2.75) is 361 Å². The highest BCUT2D eigenvalue weighted by atomic mass is 16.6. The molecule has 1 unspecified atom stereocenters. The van der Waals surface area contributed by atoms with E-state index in [9.17, 15) is 14.4 Å². The average Bonchev–Trinajstić information content (AvgIpc) is 3.37. The Morgan fingerprint density at radius 3 is 0.704 bits per heavy atom. The highest BCUT2D eigenvalue weighted by molar-refractivity contribution is 5.71. The van der Waals surface area contributed by atoms with Gasteiger partial charge in [-0.3, -0.25) is 14.4 Å². The number of hydrogen-bond acceptors (Lipinski definition) is 6. The summed E-state index contributed by atoms with van der Waals surface area (Å²) in [5.74, 6) is -0.862. The van der Waals surface area contributed by atoms with Gasteiger partial charge in [0.1, 0.15) is 13.2 Å². The Morgan fingerprint density at radius 2 is 0.465 bits per heavy atom. The Balaban J connectivity index is 3.99. The molecule has 71 heavy (non-hydrogen) atoms. The van der Waals surface area contributed by atoms with Crippen LogP contribution < -0.4 is 0 Å². The largest absolute Gasteiger partial charge is 0.462 e. The summed E-state index contributed by atoms with van der Waals surface area (Å²) < 4.78 is 16.8. The first-order valence-electron chi connectivity index (χ1n) is 31.8. The van der Waals surface area contributed by atoms with Crippen LogP contribution in [0, 0.1) is 0 Å². The first kappa shape index (κ1) is 68.9. The minimum Gasteiger partial charge on any atom is -0.462 e. The summed E-state index contributed by atoms with van der Waals surface area (Å²) in [5.41, 5.74) is 0. The molecule has 0 radical (unpaired) electrons. The fraction of sp³-hybridized carbons (Fsp3) is 0.892. The summed E-state index contributed by atoms with van der Waals surface area (Å²) in [4.78, 5) is 37.9. The molecule has 0 aromatic carbocycles. The third-order valence-corrected chi connectivity index (χ3v) is 14.4. The lowest BCUT2D eigenvalue weighted by Gasteiger charge is -2.18. The molecular weight excluding hydrogens is 877 g/mol. The highest BCUT2D eigenvalue weighted by Gasteiger charge is 2.19. The number of esters is 3. The molecule has 0 aliphatic rings. The minimum atomic E-state index is -0.767. The topological polar surface area (TPSA) is 78.9 Å². The predicted octanol–water partition coefficient (Wildman–Crippen LogP) is 21.4. The average molecular weight is 1000 g/mol. The summed E-state index contributed by atoms with van der Waals surface area (Å²) in [6, 6.07) is 0. The van der Waals surface area contributed by atoms with Crippen LogP contribution in [-0.2, 0) is 28.6 Å². The van der Waals surface area contributed by atoms with Crippen molar-refractivity contribution in [1.82, 2.24) is 0 Å². The second kappa shape index (κ2) is 60.4. The van der Waals surface area contributed by atoms with Crippen molar-refractivity contribution < 1.29 is 28.6 Å². The van der Waals surface area contributed by atoms with E-state index >= 15 is 0 Å². The molecule has 0 amide bonds. The van der Waals surface area contributed by atoms with Crippen molar-refractivity contribution in [3.05, 3.63) is 24.3 Å². The van der Waals surface area contributed by atoms with Crippen LogP contribution in [0.1, 0.15) is 355 Å². The zero-order valence-corrected chi connectivity index (χ0v) is 48.0. The van der Waals surface area contributed by atoms with Gasteiger partial charge in [0.2, 0.25) is 0 Å². The van der Waals surface area contributed by atoms with Gasteiger partial charge in [-0.25, -0.2) is 0 Å². The number of hydrogen-bond donors (Lipinski definition) is 0. The fourth-order valence-corrected chi connectivity index (χ4v) is 9.61. The van der Waals surface area contributed by atoms with E-state index in [1.165, 1.54) is 257 Å². The van der Waals surface area contributed by atoms with E-state index in [4.69, 9.17) is 14.2 Å². The molecule has 0 heterocycles. The number of carbonyl (C=O) groups excluding carboxylic acids is 3. The SMILES string of the molecule is CCCCCCCCC/C=C\CCCCCCCCCC(=O)OC(COC(=O)CCCCCCCC)COC(=O)CCCCCCCCCCCCCCCCCCC/C=C\CCCCCCCCCC. The van der Waals surface area contributed by atoms with Gasteiger partial charge in [-0.1, -0.05) is 289 Å². The molecule has 418 valence electrons. The van der Waals surface area contributed by atoms with Crippen molar-refractivity contribution in [3.8, 4) is 0 Å². The molecule has 0 fully saturated rings. The Hall–Kier alpha value is -2.11. The molecule has 0 saturated carbocycles. The number of unbranched alkanes of at least 4 members (excludes halogenated alkanes) is 44. The molecule has 0 rings (SSSR count). The monoisotopic (exact) mass is 999 g/mol. The molecule has 0 aromatic rings. The van der Waals surface area contributed by atoms with Crippen LogP contribution in [0.2, 0.25) is 0 Å². The first-order valence-corrected chi connectivity index (χ1v) is 31.8. The Kier molecular flexibility index (Phi) is 58.6. The standard InChI is InChI=1S/C65H122O6/c1-4-7-10-13-16-18-20-22-24-26-28-29-30-31-32-33-34-35-36-37-38-40-41-43-45-47-49-52-55-58-64(67)70-61-62(60-69-63(66)57-54-51-15-12-9-6-3)71-65(68)59-56-53-50-48-46-44-42-39-27-25-23-21-19-17-14-11-8-5-2/h25-28,62H,4-24,29-61H2,1-3H3/b27-25-,28-26-. The van der Waals surface area contributed by atoms with Crippen LogP contribution >= 0.6 is 0 Å². The van der Waals surface area contributed by atoms with E-state index < -0.39 is 6.10 Å². The van der Waals surface area contributed by atoms with Crippen molar-refractivity contribution in [1.29, 1.82) is 0 Å². The predicted molar refractivity (Wildman–Crippen MR) is 307 cm³/mol. The summed E-state index contributed by atoms with van der Waals surface area (Å²) >= 11 is 0. The van der Waals surface area contributed by atoms with Crippen molar-refractivity contribution in [2.75, 3.05) is 13.2 Å². The molecule has 0 saturated heterocycles.